The SMILES string of the molecule is Nc1ncc([N+](=O)[O-])cc1C(O)C(O)CS. The summed E-state index contributed by atoms with van der Waals surface area (Å²) in [7, 11) is 0. The van der Waals surface area contributed by atoms with Crippen molar-refractivity contribution in [3.8, 4) is 0 Å². The van der Waals surface area contributed by atoms with Gasteiger partial charge in [-0.05, 0) is 0 Å². The van der Waals surface area contributed by atoms with E-state index in [2.05, 4.69) is 17.6 Å². The van der Waals surface area contributed by atoms with Crippen LogP contribution in [0.25, 0.3) is 0 Å². The van der Waals surface area contributed by atoms with Gasteiger partial charge in [-0.15, -0.1) is 0 Å². The third-order valence-electron chi connectivity index (χ3n) is 2.02. The number of pyridine rings is 1. The lowest BCUT2D eigenvalue weighted by Crippen LogP contribution is -2.21. The molecule has 0 amide bonds. The first kappa shape index (κ1) is 12.7. The minimum Gasteiger partial charge on any atom is -0.389 e. The Balaban J connectivity index is 3.11. The first-order chi connectivity index (χ1) is 7.47. The number of aliphatic hydroxyl groups is 2. The summed E-state index contributed by atoms with van der Waals surface area (Å²) in [6.07, 6.45) is -1.52. The van der Waals surface area contributed by atoms with E-state index < -0.39 is 17.1 Å². The molecule has 0 saturated heterocycles. The third kappa shape index (κ3) is 2.60. The number of thiol groups is 1. The zero-order chi connectivity index (χ0) is 12.3. The molecule has 0 spiro atoms. The van der Waals surface area contributed by atoms with Gasteiger partial charge in [-0.2, -0.15) is 12.6 Å². The molecule has 1 aromatic heterocycles. The zero-order valence-corrected chi connectivity index (χ0v) is 9.04. The topological polar surface area (TPSA) is 123 Å². The van der Waals surface area contributed by atoms with Crippen molar-refractivity contribution in [1.82, 2.24) is 4.98 Å². The van der Waals surface area contributed by atoms with Gasteiger partial charge in [-0.25, -0.2) is 4.98 Å². The van der Waals surface area contributed by atoms with Crippen molar-refractivity contribution >= 4 is 24.1 Å². The maximum atomic E-state index is 10.5. The maximum Gasteiger partial charge on any atom is 0.288 e. The van der Waals surface area contributed by atoms with Crippen molar-refractivity contribution < 1.29 is 15.1 Å². The molecule has 0 bridgehead atoms. The number of rotatable bonds is 4. The van der Waals surface area contributed by atoms with Gasteiger partial charge in [0.05, 0.1) is 11.0 Å². The second-order valence-corrected chi connectivity index (χ2v) is 3.49. The fourth-order valence-electron chi connectivity index (χ4n) is 1.12. The van der Waals surface area contributed by atoms with Crippen molar-refractivity contribution in [2.24, 2.45) is 0 Å². The minimum absolute atomic E-state index is 0.00327. The Morgan fingerprint density at radius 3 is 2.75 bits per heavy atom. The summed E-state index contributed by atoms with van der Waals surface area (Å²) in [6.45, 7) is 0. The van der Waals surface area contributed by atoms with Crippen LogP contribution in [0, 0.1) is 10.1 Å². The lowest BCUT2D eigenvalue weighted by molar-refractivity contribution is -0.385. The first-order valence-corrected chi connectivity index (χ1v) is 4.97. The number of aliphatic hydroxyl groups excluding tert-OH is 2. The van der Waals surface area contributed by atoms with Gasteiger partial charge >= 0.3 is 0 Å². The molecule has 0 aliphatic heterocycles. The van der Waals surface area contributed by atoms with Crippen LogP contribution in [0.2, 0.25) is 0 Å². The van der Waals surface area contributed by atoms with E-state index in [1.807, 2.05) is 0 Å². The normalized spacial score (nSPS) is 14.4. The molecule has 0 saturated carbocycles. The zero-order valence-electron chi connectivity index (χ0n) is 8.15. The molecular weight excluding hydrogens is 234 g/mol. The van der Waals surface area contributed by atoms with Gasteiger partial charge in [0.1, 0.15) is 18.1 Å². The number of hydrogen-bond donors (Lipinski definition) is 4. The number of aromatic nitrogens is 1. The lowest BCUT2D eigenvalue weighted by atomic mass is 10.1. The summed E-state index contributed by atoms with van der Waals surface area (Å²) in [5.41, 5.74) is 5.18. The average molecular weight is 245 g/mol. The van der Waals surface area contributed by atoms with Gasteiger partial charge in [0.2, 0.25) is 0 Å². The van der Waals surface area contributed by atoms with Crippen LogP contribution in [0.4, 0.5) is 11.5 Å². The van der Waals surface area contributed by atoms with Gasteiger partial charge in [-0.3, -0.25) is 10.1 Å². The Morgan fingerprint density at radius 1 is 1.62 bits per heavy atom. The summed E-state index contributed by atoms with van der Waals surface area (Å²) in [6, 6.07) is 1.08. The van der Waals surface area contributed by atoms with Crippen LogP contribution < -0.4 is 5.73 Å². The van der Waals surface area contributed by atoms with Gasteiger partial charge in [-0.1, -0.05) is 0 Å². The van der Waals surface area contributed by atoms with Gasteiger partial charge in [0.15, 0.2) is 0 Å². The highest BCUT2D eigenvalue weighted by molar-refractivity contribution is 7.80. The van der Waals surface area contributed by atoms with Crippen molar-refractivity contribution in [3.05, 3.63) is 27.9 Å². The molecule has 16 heavy (non-hydrogen) atoms. The second kappa shape index (κ2) is 5.10. The van der Waals surface area contributed by atoms with Crippen LogP contribution in [0.5, 0.6) is 0 Å². The molecule has 0 fully saturated rings. The molecule has 0 aromatic carbocycles. The molecule has 8 heteroatoms. The van der Waals surface area contributed by atoms with Crippen LogP contribution in [-0.4, -0.2) is 32.0 Å². The van der Waals surface area contributed by atoms with Crippen LogP contribution >= 0.6 is 12.6 Å². The highest BCUT2D eigenvalue weighted by atomic mass is 32.1. The molecule has 0 radical (unpaired) electrons. The summed E-state index contributed by atoms with van der Waals surface area (Å²) in [5.74, 6) is -0.0533. The smallest absolute Gasteiger partial charge is 0.288 e. The quantitative estimate of drug-likeness (QED) is 0.333. The van der Waals surface area contributed by atoms with Crippen molar-refractivity contribution in [1.29, 1.82) is 0 Å². The van der Waals surface area contributed by atoms with E-state index in [0.29, 0.717) is 0 Å². The maximum absolute atomic E-state index is 10.5. The van der Waals surface area contributed by atoms with Crippen LogP contribution in [0.1, 0.15) is 11.7 Å². The Labute approximate surface area is 96.5 Å². The Bertz CT molecular complexity index is 401. The standard InChI is InChI=1S/C8H11N3O4S/c9-8-5(7(13)6(12)3-16)1-4(2-10-8)11(14)15/h1-2,6-7,12-13,16H,3H2,(H2,9,10). The van der Waals surface area contributed by atoms with E-state index >= 15 is 0 Å². The second-order valence-electron chi connectivity index (χ2n) is 3.12. The predicted molar refractivity (Wildman–Crippen MR) is 60.1 cm³/mol. The lowest BCUT2D eigenvalue weighted by Gasteiger charge is -2.16. The van der Waals surface area contributed by atoms with Crippen LogP contribution in [0.15, 0.2) is 12.3 Å². The molecule has 1 heterocycles. The molecule has 2 atom stereocenters. The van der Waals surface area contributed by atoms with E-state index in [9.17, 15) is 20.3 Å². The van der Waals surface area contributed by atoms with Gasteiger partial charge in [0.25, 0.3) is 5.69 Å². The van der Waals surface area contributed by atoms with E-state index in [1.165, 1.54) is 0 Å². The summed E-state index contributed by atoms with van der Waals surface area (Å²) >= 11 is 3.80. The highest BCUT2D eigenvalue weighted by Gasteiger charge is 2.22. The molecule has 0 aliphatic carbocycles. The molecule has 88 valence electrons. The van der Waals surface area contributed by atoms with E-state index in [1.54, 1.807) is 0 Å². The predicted octanol–water partition coefficient (Wildman–Crippen LogP) is -0.104. The average Bonchev–Trinajstić information content (AvgIpc) is 2.27. The van der Waals surface area contributed by atoms with Crippen molar-refractivity contribution in [2.75, 3.05) is 11.5 Å². The van der Waals surface area contributed by atoms with E-state index in [4.69, 9.17) is 5.73 Å². The first-order valence-electron chi connectivity index (χ1n) is 4.34. The van der Waals surface area contributed by atoms with Crippen molar-refractivity contribution in [2.45, 2.75) is 12.2 Å². The summed E-state index contributed by atoms with van der Waals surface area (Å²) in [4.78, 5) is 13.4. The molecule has 2 unspecified atom stereocenters. The number of nitrogens with two attached hydrogens (primary N) is 1. The third-order valence-corrected chi connectivity index (χ3v) is 2.39. The molecule has 0 aliphatic rings. The van der Waals surface area contributed by atoms with E-state index in [0.717, 1.165) is 12.3 Å². The van der Waals surface area contributed by atoms with Crippen molar-refractivity contribution in [3.63, 3.8) is 0 Å². The summed E-state index contributed by atoms with van der Waals surface area (Å²) in [5, 5.41) is 29.5. The Hall–Kier alpha value is -1.38. The Morgan fingerprint density at radius 2 is 2.25 bits per heavy atom. The monoisotopic (exact) mass is 245 g/mol. The number of nitro groups is 1. The molecular formula is C8H11N3O4S. The Kier molecular flexibility index (Phi) is 4.05. The molecule has 1 aromatic rings. The highest BCUT2D eigenvalue weighted by Crippen LogP contribution is 2.25. The number of hydrogen-bond acceptors (Lipinski definition) is 7. The number of anilines is 1. The molecule has 1 rings (SSSR count). The van der Waals surface area contributed by atoms with Crippen LogP contribution in [-0.2, 0) is 0 Å². The fourth-order valence-corrected chi connectivity index (χ4v) is 1.32. The molecule has 7 nitrogen and oxygen atoms in total. The number of nitrogen functional groups attached to an aromatic ring is 1. The van der Waals surface area contributed by atoms with Crippen LogP contribution in [0.3, 0.4) is 0 Å². The molecule has 4 N–H and O–H groups in total. The summed E-state index contributed by atoms with van der Waals surface area (Å²) < 4.78 is 0. The van der Waals surface area contributed by atoms with Gasteiger partial charge in [0, 0.05) is 17.4 Å². The van der Waals surface area contributed by atoms with Gasteiger partial charge < -0.3 is 15.9 Å². The number of nitrogens with zero attached hydrogens (tertiary/aromatic N) is 2. The largest absolute Gasteiger partial charge is 0.389 e. The minimum atomic E-state index is -1.34. The fraction of sp³-hybridized carbons (Fsp3) is 0.375. The van der Waals surface area contributed by atoms with E-state index in [-0.39, 0.29) is 22.8 Å².